The van der Waals surface area contributed by atoms with Crippen LogP contribution < -0.4 is 10.6 Å². The average Bonchev–Trinajstić information content (AvgIpc) is 2.93. The fourth-order valence-corrected chi connectivity index (χ4v) is 4.11. The summed E-state index contributed by atoms with van der Waals surface area (Å²) >= 11 is 0. The van der Waals surface area contributed by atoms with Crippen molar-refractivity contribution in [2.45, 2.75) is 64.3 Å². The molecule has 1 heterocycles. The van der Waals surface area contributed by atoms with E-state index in [-0.39, 0.29) is 56.1 Å². The van der Waals surface area contributed by atoms with Crippen LogP contribution in [0.25, 0.3) is 0 Å². The van der Waals surface area contributed by atoms with E-state index in [1.807, 2.05) is 44.2 Å². The second kappa shape index (κ2) is 17.2. The van der Waals surface area contributed by atoms with E-state index in [4.69, 9.17) is 18.9 Å². The predicted octanol–water partition coefficient (Wildman–Crippen LogP) is 2.51. The average molecular weight is 559 g/mol. The van der Waals surface area contributed by atoms with Gasteiger partial charge in [-0.25, -0.2) is 9.59 Å². The van der Waals surface area contributed by atoms with Gasteiger partial charge in [-0.1, -0.05) is 68.5 Å². The summed E-state index contributed by atoms with van der Waals surface area (Å²) in [6, 6.07) is 7.63. The molecule has 1 aliphatic heterocycles. The van der Waals surface area contributed by atoms with E-state index < -0.39 is 36.2 Å². The van der Waals surface area contributed by atoms with E-state index in [9.17, 15) is 19.2 Å². The van der Waals surface area contributed by atoms with Crippen LogP contribution in [0.1, 0.15) is 39.2 Å². The number of benzene rings is 1. The molecule has 1 aromatic rings. The molecule has 0 aliphatic carbocycles. The second-order valence-corrected chi connectivity index (χ2v) is 9.89. The molecule has 0 spiro atoms. The molecule has 2 rings (SSSR count). The summed E-state index contributed by atoms with van der Waals surface area (Å²) in [5.41, 5.74) is 0.875. The fourth-order valence-electron chi connectivity index (χ4n) is 4.11. The van der Waals surface area contributed by atoms with Gasteiger partial charge < -0.3 is 29.6 Å². The zero-order valence-corrected chi connectivity index (χ0v) is 24.0. The minimum absolute atomic E-state index is 0.0198. The lowest BCUT2D eigenvalue weighted by molar-refractivity contribution is -0.152. The Bertz CT molecular complexity index is 1030. The van der Waals surface area contributed by atoms with Gasteiger partial charge in [0.25, 0.3) is 0 Å². The number of hydrogen-bond donors (Lipinski definition) is 2. The molecule has 0 aromatic heterocycles. The SMILES string of the molecule is CO[C@@H]1COC(=O)[C@H](Cc2ccccc2)NC(=O)C/C=C\[C@@H](C)[C@H](OC)COC(=O)[C@@H](C)NC(=O)C/C=C\[C@H]1C. The molecule has 1 aromatic carbocycles. The van der Waals surface area contributed by atoms with E-state index in [2.05, 4.69) is 10.6 Å². The Hall–Kier alpha value is -3.50. The van der Waals surface area contributed by atoms with Gasteiger partial charge >= 0.3 is 11.9 Å². The highest BCUT2D eigenvalue weighted by molar-refractivity contribution is 5.85. The number of carbonyl (C=O) groups excluding carboxylic acids is 4. The molecule has 0 radical (unpaired) electrons. The standard InChI is InChI=1S/C30H42N2O8/c1-20-12-10-16-28(34)32-24(17-23-13-7-6-8-14-23)30(36)40-19-26(38-5)21(2)11-9-15-27(33)31-22(3)29(35)39-18-25(20)37-4/h6-14,20-22,24-26H,15-19H2,1-5H3,(H,31,33)(H,32,34)/b11-9-,12-10-/t20-,21-,22-,24+,25-,26-/m1/s1. The Balaban J connectivity index is 2.23. The molecule has 0 unspecified atom stereocenters. The first-order chi connectivity index (χ1) is 19.1. The number of hydrogen-bond acceptors (Lipinski definition) is 8. The van der Waals surface area contributed by atoms with Crippen LogP contribution in [0.4, 0.5) is 0 Å². The maximum Gasteiger partial charge on any atom is 0.329 e. The third kappa shape index (κ3) is 11.3. The maximum absolute atomic E-state index is 13.1. The zero-order valence-electron chi connectivity index (χ0n) is 24.0. The fraction of sp³-hybridized carbons (Fsp3) is 0.533. The van der Waals surface area contributed by atoms with E-state index >= 15 is 0 Å². The number of rotatable bonds is 4. The van der Waals surface area contributed by atoms with Crippen molar-refractivity contribution in [1.29, 1.82) is 0 Å². The summed E-state index contributed by atoms with van der Waals surface area (Å²) in [6.07, 6.45) is 6.36. The van der Waals surface area contributed by atoms with Crippen molar-refractivity contribution in [2.24, 2.45) is 11.8 Å². The number of carbonyl (C=O) groups is 4. The van der Waals surface area contributed by atoms with Crippen molar-refractivity contribution in [2.75, 3.05) is 27.4 Å². The smallest absolute Gasteiger partial charge is 0.329 e. The predicted molar refractivity (Wildman–Crippen MR) is 149 cm³/mol. The van der Waals surface area contributed by atoms with Crippen LogP contribution in [0.3, 0.4) is 0 Å². The molecule has 10 heteroatoms. The van der Waals surface area contributed by atoms with Crippen LogP contribution in [0.15, 0.2) is 54.6 Å². The molecule has 0 bridgehead atoms. The molecule has 0 fully saturated rings. The molecule has 2 amide bonds. The summed E-state index contributed by atoms with van der Waals surface area (Å²) < 4.78 is 21.9. The monoisotopic (exact) mass is 558 g/mol. The van der Waals surface area contributed by atoms with Crippen LogP contribution in [-0.4, -0.2) is 75.5 Å². The van der Waals surface area contributed by atoms with Gasteiger partial charge in [0.1, 0.15) is 25.3 Å². The number of methoxy groups -OCH3 is 2. The number of amides is 2. The van der Waals surface area contributed by atoms with Crippen LogP contribution in [-0.2, 0) is 44.5 Å². The molecule has 0 saturated carbocycles. The maximum atomic E-state index is 13.1. The van der Waals surface area contributed by atoms with Gasteiger partial charge in [-0.2, -0.15) is 0 Å². The van der Waals surface area contributed by atoms with Crippen LogP contribution >= 0.6 is 0 Å². The van der Waals surface area contributed by atoms with Crippen molar-refractivity contribution in [3.05, 3.63) is 60.2 Å². The minimum Gasteiger partial charge on any atom is -0.461 e. The van der Waals surface area contributed by atoms with Gasteiger partial charge in [0.15, 0.2) is 0 Å². The Labute approximate surface area is 236 Å². The summed E-state index contributed by atoms with van der Waals surface area (Å²) in [6.45, 7) is 5.24. The Morgan fingerprint density at radius 2 is 1.25 bits per heavy atom. The summed E-state index contributed by atoms with van der Waals surface area (Å²) in [7, 11) is 3.02. The molecule has 2 N–H and O–H groups in total. The number of ether oxygens (including phenoxy) is 4. The Kier molecular flexibility index (Phi) is 14.1. The summed E-state index contributed by atoms with van der Waals surface area (Å²) in [5, 5.41) is 5.41. The molecule has 10 nitrogen and oxygen atoms in total. The zero-order chi connectivity index (χ0) is 29.5. The molecule has 0 saturated heterocycles. The van der Waals surface area contributed by atoms with Crippen LogP contribution in [0.2, 0.25) is 0 Å². The highest BCUT2D eigenvalue weighted by Gasteiger charge is 2.26. The normalized spacial score (nSPS) is 29.9. The molecular weight excluding hydrogens is 516 g/mol. The van der Waals surface area contributed by atoms with Crippen LogP contribution in [0.5, 0.6) is 0 Å². The summed E-state index contributed by atoms with van der Waals surface area (Å²) in [4.78, 5) is 50.6. The van der Waals surface area contributed by atoms with Crippen molar-refractivity contribution in [3.8, 4) is 0 Å². The summed E-state index contributed by atoms with van der Waals surface area (Å²) in [5.74, 6) is -2.19. The molecule has 40 heavy (non-hydrogen) atoms. The quantitative estimate of drug-likeness (QED) is 0.426. The first-order valence-corrected chi connectivity index (χ1v) is 13.5. The van der Waals surface area contributed by atoms with Gasteiger partial charge in [-0.15, -0.1) is 0 Å². The molecule has 220 valence electrons. The van der Waals surface area contributed by atoms with Gasteiger partial charge in [-0.05, 0) is 12.5 Å². The van der Waals surface area contributed by atoms with E-state index in [0.29, 0.717) is 0 Å². The highest BCUT2D eigenvalue weighted by atomic mass is 16.6. The van der Waals surface area contributed by atoms with Crippen molar-refractivity contribution in [3.63, 3.8) is 0 Å². The van der Waals surface area contributed by atoms with Gasteiger partial charge in [0.2, 0.25) is 11.8 Å². The first-order valence-electron chi connectivity index (χ1n) is 13.5. The first kappa shape index (κ1) is 32.7. The highest BCUT2D eigenvalue weighted by Crippen LogP contribution is 2.13. The molecule has 6 atom stereocenters. The second-order valence-electron chi connectivity index (χ2n) is 9.89. The van der Waals surface area contributed by atoms with Crippen molar-refractivity contribution >= 4 is 23.8 Å². The van der Waals surface area contributed by atoms with Crippen molar-refractivity contribution < 1.29 is 38.1 Å². The number of esters is 2. The lowest BCUT2D eigenvalue weighted by Gasteiger charge is -2.23. The lowest BCUT2D eigenvalue weighted by atomic mass is 10.0. The topological polar surface area (TPSA) is 129 Å². The minimum atomic E-state index is -0.890. The Morgan fingerprint density at radius 1 is 0.750 bits per heavy atom. The van der Waals surface area contributed by atoms with Gasteiger partial charge in [-0.3, -0.25) is 9.59 Å². The van der Waals surface area contributed by atoms with Gasteiger partial charge in [0.05, 0.1) is 12.2 Å². The lowest BCUT2D eigenvalue weighted by Crippen LogP contribution is -2.44. The third-order valence-corrected chi connectivity index (χ3v) is 6.68. The third-order valence-electron chi connectivity index (χ3n) is 6.68. The van der Waals surface area contributed by atoms with Crippen LogP contribution in [0, 0.1) is 11.8 Å². The molecule has 1 aliphatic rings. The largest absolute Gasteiger partial charge is 0.461 e. The van der Waals surface area contributed by atoms with Crippen molar-refractivity contribution in [1.82, 2.24) is 10.6 Å². The van der Waals surface area contributed by atoms with E-state index in [1.54, 1.807) is 31.2 Å². The molecular formula is C30H42N2O8. The Morgan fingerprint density at radius 3 is 1.77 bits per heavy atom. The van der Waals surface area contributed by atoms with E-state index in [0.717, 1.165) is 5.56 Å². The number of cyclic esters (lactones) is 2. The van der Waals surface area contributed by atoms with E-state index in [1.165, 1.54) is 14.2 Å². The van der Waals surface area contributed by atoms with Gasteiger partial charge in [0, 0.05) is 45.3 Å². The number of nitrogens with one attached hydrogen (secondary N) is 2.